The molecule has 0 saturated carbocycles. The first-order valence-electron chi connectivity index (χ1n) is 7.33. The Balaban J connectivity index is 1.82. The Bertz CT molecular complexity index is 296. The summed E-state index contributed by atoms with van der Waals surface area (Å²) in [4.78, 5) is 0. The summed E-state index contributed by atoms with van der Waals surface area (Å²) in [5.41, 5.74) is -0.925. The monoisotopic (exact) mass is 306 g/mol. The summed E-state index contributed by atoms with van der Waals surface area (Å²) in [5.74, 6) is 0. The Labute approximate surface area is 125 Å². The highest BCUT2D eigenvalue weighted by Crippen LogP contribution is 2.30. The molecule has 7 nitrogen and oxygen atoms in total. The van der Waals surface area contributed by atoms with Crippen molar-refractivity contribution in [2.24, 2.45) is 0 Å². The van der Waals surface area contributed by atoms with Crippen molar-refractivity contribution >= 4 is 0 Å². The van der Waals surface area contributed by atoms with E-state index in [0.717, 1.165) is 12.8 Å². The molecule has 0 aromatic heterocycles. The van der Waals surface area contributed by atoms with Crippen LogP contribution in [0.25, 0.3) is 0 Å². The number of rotatable bonds is 8. The first-order valence-corrected chi connectivity index (χ1v) is 7.33. The van der Waals surface area contributed by atoms with E-state index in [-0.39, 0.29) is 0 Å². The minimum atomic E-state index is -0.613. The van der Waals surface area contributed by atoms with Gasteiger partial charge in [-0.05, 0) is 12.8 Å². The Morgan fingerprint density at radius 2 is 1.29 bits per heavy atom. The largest absolute Gasteiger partial charge is 0.375 e. The molecule has 2 aliphatic rings. The molecule has 0 N–H and O–H groups in total. The first kappa shape index (κ1) is 17.1. The Kier molecular flexibility index (Phi) is 5.96. The number of methoxy groups -OCH3 is 2. The molecule has 2 rings (SSSR count). The summed E-state index contributed by atoms with van der Waals surface area (Å²) >= 11 is 0. The van der Waals surface area contributed by atoms with Crippen molar-refractivity contribution in [3.05, 3.63) is 0 Å². The lowest BCUT2D eigenvalue weighted by Gasteiger charge is -2.29. The second-order valence-corrected chi connectivity index (χ2v) is 5.47. The molecule has 0 aromatic carbocycles. The van der Waals surface area contributed by atoms with E-state index in [1.807, 2.05) is 13.8 Å². The standard InChI is InChI=1S/C14H26O7/c1-5-13(9-18-11(15-3)20-13)7-17-8-14(6-2)10-19-12(16-4)21-14/h11-12H,5-10H2,1-4H3. The third-order valence-corrected chi connectivity index (χ3v) is 4.06. The zero-order valence-electron chi connectivity index (χ0n) is 13.3. The molecule has 0 aliphatic carbocycles. The van der Waals surface area contributed by atoms with E-state index >= 15 is 0 Å². The summed E-state index contributed by atoms with van der Waals surface area (Å²) in [6, 6.07) is 0. The van der Waals surface area contributed by atoms with Crippen LogP contribution in [0.2, 0.25) is 0 Å². The smallest absolute Gasteiger partial charge is 0.272 e. The van der Waals surface area contributed by atoms with Gasteiger partial charge in [-0.25, -0.2) is 0 Å². The van der Waals surface area contributed by atoms with Crippen molar-refractivity contribution in [3.8, 4) is 0 Å². The average Bonchev–Trinajstić information content (AvgIpc) is 3.13. The molecule has 0 amide bonds. The van der Waals surface area contributed by atoms with E-state index in [0.29, 0.717) is 26.4 Å². The molecule has 0 aromatic rings. The van der Waals surface area contributed by atoms with Gasteiger partial charge in [-0.1, -0.05) is 13.8 Å². The molecule has 124 valence electrons. The predicted molar refractivity (Wildman–Crippen MR) is 72.5 cm³/mol. The van der Waals surface area contributed by atoms with Crippen molar-refractivity contribution in [1.82, 2.24) is 0 Å². The molecule has 4 unspecified atom stereocenters. The highest BCUT2D eigenvalue weighted by atomic mass is 16.9. The topological polar surface area (TPSA) is 64.6 Å². The van der Waals surface area contributed by atoms with E-state index in [4.69, 9.17) is 33.2 Å². The van der Waals surface area contributed by atoms with Crippen LogP contribution < -0.4 is 0 Å². The fourth-order valence-corrected chi connectivity index (χ4v) is 2.37. The SMILES string of the molecule is CCC1(COCC2(CC)COC(OC)O2)COC(OC)O1. The zero-order chi connectivity index (χ0) is 15.3. The van der Waals surface area contributed by atoms with Gasteiger partial charge in [-0.15, -0.1) is 0 Å². The van der Waals surface area contributed by atoms with Crippen molar-refractivity contribution in [2.45, 2.75) is 50.8 Å². The van der Waals surface area contributed by atoms with Crippen LogP contribution in [-0.4, -0.2) is 64.8 Å². The quantitative estimate of drug-likeness (QED) is 0.668. The summed E-state index contributed by atoms with van der Waals surface area (Å²) < 4.78 is 38.3. The third-order valence-electron chi connectivity index (χ3n) is 4.06. The van der Waals surface area contributed by atoms with Crippen LogP contribution in [0.15, 0.2) is 0 Å². The van der Waals surface area contributed by atoms with Crippen LogP contribution >= 0.6 is 0 Å². The number of ether oxygens (including phenoxy) is 7. The molecule has 21 heavy (non-hydrogen) atoms. The molecule has 7 heteroatoms. The van der Waals surface area contributed by atoms with Gasteiger partial charge < -0.3 is 33.2 Å². The summed E-state index contributed by atoms with van der Waals surface area (Å²) in [6.45, 7) is 4.61. The Hall–Kier alpha value is -0.280. The van der Waals surface area contributed by atoms with Gasteiger partial charge in [0.15, 0.2) is 0 Å². The van der Waals surface area contributed by atoms with Crippen molar-refractivity contribution < 1.29 is 33.2 Å². The van der Waals surface area contributed by atoms with E-state index in [2.05, 4.69) is 0 Å². The lowest BCUT2D eigenvalue weighted by molar-refractivity contribution is -0.251. The van der Waals surface area contributed by atoms with E-state index < -0.39 is 24.2 Å². The Morgan fingerprint density at radius 3 is 1.57 bits per heavy atom. The number of hydrogen-bond donors (Lipinski definition) is 0. The summed E-state index contributed by atoms with van der Waals surface area (Å²) in [6.07, 6.45) is 1.56. The molecular weight excluding hydrogens is 280 g/mol. The van der Waals surface area contributed by atoms with Crippen LogP contribution in [-0.2, 0) is 33.2 Å². The van der Waals surface area contributed by atoms with Gasteiger partial charge in [0.1, 0.15) is 11.2 Å². The number of hydrogen-bond acceptors (Lipinski definition) is 7. The minimum absolute atomic E-state index is 0.423. The maximum absolute atomic E-state index is 5.85. The second-order valence-electron chi connectivity index (χ2n) is 5.47. The van der Waals surface area contributed by atoms with Gasteiger partial charge in [0.2, 0.25) is 0 Å². The summed E-state index contributed by atoms with van der Waals surface area (Å²) in [7, 11) is 3.11. The lowest BCUT2D eigenvalue weighted by atomic mass is 10.0. The van der Waals surface area contributed by atoms with Crippen molar-refractivity contribution in [3.63, 3.8) is 0 Å². The fraction of sp³-hybridized carbons (Fsp3) is 1.00. The first-order chi connectivity index (χ1) is 10.1. The zero-order valence-corrected chi connectivity index (χ0v) is 13.3. The van der Waals surface area contributed by atoms with Gasteiger partial charge in [0.25, 0.3) is 13.0 Å². The highest BCUT2D eigenvalue weighted by molar-refractivity contribution is 4.86. The molecule has 4 atom stereocenters. The third kappa shape index (κ3) is 3.92. The Morgan fingerprint density at radius 1 is 0.857 bits per heavy atom. The maximum atomic E-state index is 5.85. The van der Waals surface area contributed by atoms with Crippen molar-refractivity contribution in [2.75, 3.05) is 40.6 Å². The molecule has 2 aliphatic heterocycles. The second kappa shape index (κ2) is 7.32. The molecular formula is C14H26O7. The van der Waals surface area contributed by atoms with E-state index in [1.165, 1.54) is 0 Å². The van der Waals surface area contributed by atoms with Crippen LogP contribution in [0.4, 0.5) is 0 Å². The maximum Gasteiger partial charge on any atom is 0.272 e. The van der Waals surface area contributed by atoms with E-state index in [1.54, 1.807) is 14.2 Å². The molecule has 2 saturated heterocycles. The highest BCUT2D eigenvalue weighted by Gasteiger charge is 2.44. The average molecular weight is 306 g/mol. The van der Waals surface area contributed by atoms with Gasteiger partial charge in [0.05, 0.1) is 26.4 Å². The normalized spacial score (nSPS) is 40.0. The fourth-order valence-electron chi connectivity index (χ4n) is 2.37. The molecule has 0 radical (unpaired) electrons. The minimum Gasteiger partial charge on any atom is -0.375 e. The van der Waals surface area contributed by atoms with Gasteiger partial charge >= 0.3 is 0 Å². The van der Waals surface area contributed by atoms with Crippen LogP contribution in [0.3, 0.4) is 0 Å². The van der Waals surface area contributed by atoms with Crippen molar-refractivity contribution in [1.29, 1.82) is 0 Å². The molecule has 2 fully saturated rings. The van der Waals surface area contributed by atoms with Crippen LogP contribution in [0.1, 0.15) is 26.7 Å². The predicted octanol–water partition coefficient (Wildman–Crippen LogP) is 1.25. The summed E-state index contributed by atoms with van der Waals surface area (Å²) in [5, 5.41) is 0. The van der Waals surface area contributed by atoms with Gasteiger partial charge in [0, 0.05) is 14.2 Å². The van der Waals surface area contributed by atoms with Crippen LogP contribution in [0.5, 0.6) is 0 Å². The molecule has 0 spiro atoms. The lowest BCUT2D eigenvalue weighted by Crippen LogP contribution is -2.42. The van der Waals surface area contributed by atoms with Gasteiger partial charge in [-0.3, -0.25) is 0 Å². The van der Waals surface area contributed by atoms with E-state index in [9.17, 15) is 0 Å². The van der Waals surface area contributed by atoms with Gasteiger partial charge in [-0.2, -0.15) is 0 Å². The molecule has 0 bridgehead atoms. The van der Waals surface area contributed by atoms with Crippen LogP contribution in [0, 0.1) is 0 Å². The molecule has 2 heterocycles.